The number of halogens is 3. The molecule has 1 aliphatic heterocycles. The lowest BCUT2D eigenvalue weighted by Crippen LogP contribution is -2.30. The lowest BCUT2D eigenvalue weighted by Gasteiger charge is -2.27. The molecule has 2 rings (SSSR count). The fraction of sp³-hybridized carbons (Fsp3) is 0.300. The number of alkyl halides is 1. The minimum atomic E-state index is -0.358. The maximum absolute atomic E-state index is 11.5. The molecule has 0 bridgehead atoms. The number of hydrogen-bond donors (Lipinski definition) is 1. The average Bonchev–Trinajstić information content (AvgIpc) is 2.25. The Balaban J connectivity index is 2.66. The minimum Gasteiger partial charge on any atom is -0.505 e. The van der Waals surface area contributed by atoms with Gasteiger partial charge >= 0.3 is 5.97 Å². The highest BCUT2D eigenvalue weighted by molar-refractivity contribution is 9.11. The molecule has 0 saturated carbocycles. The van der Waals surface area contributed by atoms with E-state index >= 15 is 0 Å². The molecule has 0 amide bonds. The Morgan fingerprint density at radius 1 is 1.44 bits per heavy atom. The highest BCUT2D eigenvalue weighted by Crippen LogP contribution is 2.48. The molecule has 0 radical (unpaired) electrons. The van der Waals surface area contributed by atoms with Crippen molar-refractivity contribution in [3.8, 4) is 11.5 Å². The van der Waals surface area contributed by atoms with Gasteiger partial charge in [0.1, 0.15) is 15.0 Å². The first-order valence-corrected chi connectivity index (χ1v) is 7.00. The van der Waals surface area contributed by atoms with Crippen molar-refractivity contribution < 1.29 is 14.6 Å². The number of carbonyl (C=O) groups excluding carboxylic acids is 1. The SMILES string of the molecule is CC1c2cc(Br)c(O)c(Br)c2OC(=O)C1Br. The van der Waals surface area contributed by atoms with E-state index in [9.17, 15) is 9.90 Å². The van der Waals surface area contributed by atoms with Gasteiger partial charge in [0.25, 0.3) is 0 Å². The third kappa shape index (κ3) is 1.80. The van der Waals surface area contributed by atoms with Crippen LogP contribution in [0.4, 0.5) is 0 Å². The van der Waals surface area contributed by atoms with Crippen LogP contribution in [0.1, 0.15) is 18.4 Å². The van der Waals surface area contributed by atoms with Crippen LogP contribution >= 0.6 is 47.8 Å². The number of aromatic hydroxyl groups is 1. The highest BCUT2D eigenvalue weighted by atomic mass is 79.9. The topological polar surface area (TPSA) is 46.5 Å². The van der Waals surface area contributed by atoms with Gasteiger partial charge in [0.15, 0.2) is 5.75 Å². The highest BCUT2D eigenvalue weighted by Gasteiger charge is 2.35. The molecule has 0 aliphatic carbocycles. The van der Waals surface area contributed by atoms with Crippen molar-refractivity contribution in [3.63, 3.8) is 0 Å². The van der Waals surface area contributed by atoms with E-state index in [1.807, 2.05) is 6.92 Å². The zero-order valence-electron chi connectivity index (χ0n) is 8.13. The van der Waals surface area contributed by atoms with Crippen LogP contribution in [0.2, 0.25) is 0 Å². The Kier molecular flexibility index (Phi) is 3.34. The summed E-state index contributed by atoms with van der Waals surface area (Å²) in [7, 11) is 0. The molecule has 6 heteroatoms. The van der Waals surface area contributed by atoms with E-state index in [0.717, 1.165) is 5.56 Å². The van der Waals surface area contributed by atoms with Crippen molar-refractivity contribution in [3.05, 3.63) is 20.6 Å². The smallest absolute Gasteiger partial charge is 0.325 e. The molecule has 1 N–H and O–H groups in total. The molecule has 0 spiro atoms. The first-order chi connectivity index (χ1) is 7.43. The first-order valence-electron chi connectivity index (χ1n) is 4.50. The molecular weight excluding hydrogens is 408 g/mol. The third-order valence-corrected chi connectivity index (χ3v) is 5.04. The largest absolute Gasteiger partial charge is 0.505 e. The normalized spacial score (nSPS) is 23.9. The summed E-state index contributed by atoms with van der Waals surface area (Å²) in [6.45, 7) is 1.93. The summed E-state index contributed by atoms with van der Waals surface area (Å²) in [4.78, 5) is 11.2. The molecule has 0 saturated heterocycles. The van der Waals surface area contributed by atoms with Crippen LogP contribution in [0.3, 0.4) is 0 Å². The van der Waals surface area contributed by atoms with E-state index in [0.29, 0.717) is 14.7 Å². The zero-order chi connectivity index (χ0) is 12.0. The van der Waals surface area contributed by atoms with Crippen molar-refractivity contribution >= 4 is 53.8 Å². The summed E-state index contributed by atoms with van der Waals surface area (Å²) >= 11 is 9.76. The fourth-order valence-corrected chi connectivity index (χ4v) is 3.18. The summed E-state index contributed by atoms with van der Waals surface area (Å²) in [6, 6.07) is 1.76. The first kappa shape index (κ1) is 12.4. The molecule has 1 heterocycles. The number of phenols is 1. The molecule has 0 fully saturated rings. The Morgan fingerprint density at radius 3 is 2.69 bits per heavy atom. The van der Waals surface area contributed by atoms with E-state index < -0.39 is 0 Å². The van der Waals surface area contributed by atoms with Gasteiger partial charge in [-0.05, 0) is 37.9 Å². The van der Waals surface area contributed by atoms with E-state index in [4.69, 9.17) is 4.74 Å². The number of hydrogen-bond acceptors (Lipinski definition) is 3. The van der Waals surface area contributed by atoms with E-state index in [1.165, 1.54) is 0 Å². The summed E-state index contributed by atoms with van der Waals surface area (Å²) < 4.78 is 6.14. The number of benzene rings is 1. The van der Waals surface area contributed by atoms with Gasteiger partial charge in [-0.15, -0.1) is 0 Å². The third-order valence-electron chi connectivity index (χ3n) is 2.54. The predicted octanol–water partition coefficient (Wildman–Crippen LogP) is 3.70. The second-order valence-corrected chi connectivity index (χ2v) is 6.18. The maximum Gasteiger partial charge on any atom is 0.325 e. The van der Waals surface area contributed by atoms with Gasteiger partial charge in [0.2, 0.25) is 0 Å². The lowest BCUT2D eigenvalue weighted by atomic mass is 9.94. The number of esters is 1. The summed E-state index contributed by atoms with van der Waals surface area (Å²) in [5.74, 6) is 0.0764. The van der Waals surface area contributed by atoms with Crippen LogP contribution in [0.15, 0.2) is 15.0 Å². The molecular formula is C10H7Br3O3. The molecule has 1 aromatic rings. The van der Waals surface area contributed by atoms with Crippen LogP contribution in [0.5, 0.6) is 11.5 Å². The van der Waals surface area contributed by atoms with Crippen LogP contribution in [0.25, 0.3) is 0 Å². The number of fused-ring (bicyclic) bond motifs is 1. The summed E-state index contributed by atoms with van der Waals surface area (Å²) in [5, 5.41) is 9.70. The Morgan fingerprint density at radius 2 is 2.06 bits per heavy atom. The van der Waals surface area contributed by atoms with Gasteiger partial charge in [-0.25, -0.2) is 0 Å². The van der Waals surface area contributed by atoms with Gasteiger partial charge < -0.3 is 9.84 Å². The van der Waals surface area contributed by atoms with Crippen LogP contribution in [-0.4, -0.2) is 15.9 Å². The second-order valence-electron chi connectivity index (χ2n) is 3.55. The molecule has 0 aromatic heterocycles. The van der Waals surface area contributed by atoms with E-state index in [-0.39, 0.29) is 22.5 Å². The van der Waals surface area contributed by atoms with Gasteiger partial charge in [0.05, 0.1) is 4.47 Å². The fourth-order valence-electron chi connectivity index (χ4n) is 1.57. The van der Waals surface area contributed by atoms with Crippen molar-refractivity contribution in [1.82, 2.24) is 0 Å². The van der Waals surface area contributed by atoms with Crippen molar-refractivity contribution in [2.75, 3.05) is 0 Å². The van der Waals surface area contributed by atoms with Crippen molar-refractivity contribution in [2.24, 2.45) is 0 Å². The van der Waals surface area contributed by atoms with E-state index in [2.05, 4.69) is 47.8 Å². The van der Waals surface area contributed by atoms with Gasteiger partial charge in [-0.1, -0.05) is 22.9 Å². The van der Waals surface area contributed by atoms with Crippen LogP contribution in [-0.2, 0) is 4.79 Å². The van der Waals surface area contributed by atoms with Crippen LogP contribution in [0, 0.1) is 0 Å². The summed E-state index contributed by atoms with van der Waals surface area (Å²) in [5.41, 5.74) is 0.873. The van der Waals surface area contributed by atoms with Crippen LogP contribution < -0.4 is 4.74 Å². The standard InChI is InChI=1S/C10H7Br3O3/c1-3-4-2-5(11)8(14)7(13)9(4)16-10(15)6(3)12/h2-3,6,14H,1H3. The predicted molar refractivity (Wildman–Crippen MR) is 70.3 cm³/mol. The molecule has 1 aliphatic rings. The number of phenolic OH excluding ortho intramolecular Hbond substituents is 1. The molecule has 2 unspecified atom stereocenters. The maximum atomic E-state index is 11.5. The number of rotatable bonds is 0. The number of ether oxygens (including phenoxy) is 1. The monoisotopic (exact) mass is 412 g/mol. The second kappa shape index (κ2) is 4.31. The van der Waals surface area contributed by atoms with Gasteiger partial charge in [-0.2, -0.15) is 0 Å². The Labute approximate surface area is 118 Å². The number of carbonyl (C=O) groups is 1. The molecule has 16 heavy (non-hydrogen) atoms. The van der Waals surface area contributed by atoms with Crippen molar-refractivity contribution in [1.29, 1.82) is 0 Å². The summed E-state index contributed by atoms with van der Waals surface area (Å²) in [6.07, 6.45) is 0. The molecule has 3 nitrogen and oxygen atoms in total. The van der Waals surface area contributed by atoms with Gasteiger partial charge in [0, 0.05) is 11.5 Å². The van der Waals surface area contributed by atoms with Crippen molar-refractivity contribution in [2.45, 2.75) is 17.7 Å². The van der Waals surface area contributed by atoms with E-state index in [1.54, 1.807) is 6.07 Å². The lowest BCUT2D eigenvalue weighted by molar-refractivity contribution is -0.135. The minimum absolute atomic E-state index is 0.00977. The Bertz CT molecular complexity index is 473. The Hall–Kier alpha value is -0.0700. The quantitative estimate of drug-likeness (QED) is 0.400. The molecule has 1 aromatic carbocycles. The zero-order valence-corrected chi connectivity index (χ0v) is 12.9. The average molecular weight is 415 g/mol. The molecule has 2 atom stereocenters. The molecule has 86 valence electrons. The van der Waals surface area contributed by atoms with Gasteiger partial charge in [-0.3, -0.25) is 4.79 Å².